The minimum atomic E-state index is -0.454. The molecule has 0 saturated heterocycles. The van der Waals surface area contributed by atoms with Crippen LogP contribution in [0.1, 0.15) is 33.2 Å². The molecule has 3 heterocycles. The summed E-state index contributed by atoms with van der Waals surface area (Å²) in [6, 6.07) is 59.5. The van der Waals surface area contributed by atoms with Crippen LogP contribution >= 0.6 is 0 Å². The van der Waals surface area contributed by atoms with E-state index in [0.29, 0.717) is 28.2 Å². The van der Waals surface area contributed by atoms with Gasteiger partial charge in [0.05, 0.1) is 29.1 Å². The molecule has 0 fully saturated rings. The van der Waals surface area contributed by atoms with Crippen LogP contribution in [0.25, 0.3) is 104 Å². The van der Waals surface area contributed by atoms with E-state index in [1.807, 2.05) is 42.5 Å². The third kappa shape index (κ3) is 6.25. The molecule has 66 heavy (non-hydrogen) atoms. The van der Waals surface area contributed by atoms with Crippen LogP contribution in [-0.4, -0.2) is 14.1 Å². The van der Waals surface area contributed by atoms with Gasteiger partial charge in [-0.1, -0.05) is 160 Å². The summed E-state index contributed by atoms with van der Waals surface area (Å²) in [5.74, 6) is 1.72. The number of nitrogens with zero attached hydrogens (tertiary/aromatic N) is 4. The zero-order chi connectivity index (χ0) is 47.7. The molecule has 0 bridgehead atoms. The second-order valence-corrected chi connectivity index (χ2v) is 17.6. The standard InChI is InChI=1S/C60H40N4O.Pt/c1-60(2,3)41-33-43(63-37-62(42-17-5-4-6-18-42)53-23-13-14-24-54(53)63)35-45(34-41)65-44-29-31-49-48-21-11-12-22-52(48)64(55(49)36-44)59-50-30-27-39-16-8-10-20-47(39)57(50)58-51(61-59)32-28-40-26-25-38-15-7-9-19-46(38)56(40)58;/h4-34H,1-3H3;/q-2;/i4D,5D,6D,17D,18D;. The van der Waals surface area contributed by atoms with E-state index in [9.17, 15) is 0 Å². The van der Waals surface area contributed by atoms with Gasteiger partial charge in [-0.15, -0.1) is 29.7 Å². The van der Waals surface area contributed by atoms with E-state index in [2.05, 4.69) is 159 Å². The molecule has 13 aromatic rings. The molecule has 0 aliphatic heterocycles. The van der Waals surface area contributed by atoms with Crippen molar-refractivity contribution in [3.8, 4) is 28.7 Å². The first-order valence-electron chi connectivity index (χ1n) is 24.2. The maximum atomic E-state index is 8.80. The predicted molar refractivity (Wildman–Crippen MR) is 266 cm³/mol. The number of fused-ring (bicyclic) bond motifs is 13. The summed E-state index contributed by atoms with van der Waals surface area (Å²) >= 11 is 0. The van der Waals surface area contributed by atoms with Crippen molar-refractivity contribution in [3.63, 3.8) is 0 Å². The van der Waals surface area contributed by atoms with Crippen LogP contribution in [0.3, 0.4) is 0 Å². The fourth-order valence-corrected chi connectivity index (χ4v) is 9.67. The van der Waals surface area contributed by atoms with Crippen LogP contribution in [-0.2, 0) is 26.5 Å². The number of imidazole rings is 1. The van der Waals surface area contributed by atoms with Gasteiger partial charge >= 0.3 is 0 Å². The summed E-state index contributed by atoms with van der Waals surface area (Å²) in [6.45, 7) is 6.39. The SMILES string of the molecule is [2H]c1c([2H])c([2H])c(-[n+]2[c-]n(-c3[c-]c(Oc4[c-]c5c(cc4)c4ccccc4n5-c4nc5ccc6ccc7ccccc7c6c5c5c4ccc4ccccc45)cc(C(C)(C)C)c3)c3ccccc32)c([2H])c1[2H].[Pt]. The average Bonchev–Trinajstić information content (AvgIpc) is 3.92. The van der Waals surface area contributed by atoms with Gasteiger partial charge in [-0.05, 0) is 79.1 Å². The molecule has 318 valence electrons. The van der Waals surface area contributed by atoms with Gasteiger partial charge in [-0.25, -0.2) is 4.98 Å². The van der Waals surface area contributed by atoms with E-state index in [1.54, 1.807) is 4.57 Å². The minimum Gasteiger partial charge on any atom is -0.510 e. The molecule has 0 saturated carbocycles. The van der Waals surface area contributed by atoms with Crippen molar-refractivity contribution in [2.75, 3.05) is 0 Å². The third-order valence-electron chi connectivity index (χ3n) is 12.7. The van der Waals surface area contributed by atoms with Crippen molar-refractivity contribution in [2.24, 2.45) is 0 Å². The van der Waals surface area contributed by atoms with Crippen LogP contribution in [0.15, 0.2) is 188 Å². The fraction of sp³-hybridized carbons (Fsp3) is 0.0667. The number of rotatable bonds is 5. The fourth-order valence-electron chi connectivity index (χ4n) is 9.67. The maximum Gasteiger partial charge on any atom is 0.268 e. The molecule has 13 rings (SSSR count). The summed E-state index contributed by atoms with van der Waals surface area (Å²) in [6.07, 6.45) is 3.33. The molecule has 0 N–H and O–H groups in total. The first kappa shape index (κ1) is 34.8. The zero-order valence-electron chi connectivity index (χ0n) is 41.0. The number of pyridine rings is 1. The number of para-hydroxylation sites is 4. The van der Waals surface area contributed by atoms with Crippen LogP contribution in [0.2, 0.25) is 0 Å². The molecule has 0 spiro atoms. The Hall–Kier alpha value is -7.59. The average molecular weight is 1030 g/mol. The Kier molecular flexibility index (Phi) is 8.04. The molecule has 6 heteroatoms. The Labute approximate surface area is 403 Å². The summed E-state index contributed by atoms with van der Waals surface area (Å²) < 4.78 is 55.1. The predicted octanol–water partition coefficient (Wildman–Crippen LogP) is 14.7. The van der Waals surface area contributed by atoms with E-state index in [0.717, 1.165) is 71.0 Å². The summed E-state index contributed by atoms with van der Waals surface area (Å²) in [7, 11) is 0. The maximum absolute atomic E-state index is 8.80. The Bertz CT molecular complexity index is 4370. The van der Waals surface area contributed by atoms with Gasteiger partial charge in [0.25, 0.3) is 6.33 Å². The molecule has 10 aromatic carbocycles. The topological polar surface area (TPSA) is 35.9 Å². The normalized spacial score (nSPS) is 13.1. The van der Waals surface area contributed by atoms with Gasteiger partial charge < -0.3 is 13.9 Å². The smallest absolute Gasteiger partial charge is 0.268 e. The number of benzene rings is 10. The van der Waals surface area contributed by atoms with Crippen molar-refractivity contribution in [1.29, 1.82) is 0 Å². The van der Waals surface area contributed by atoms with E-state index < -0.39 is 18.1 Å². The molecule has 0 aliphatic carbocycles. The minimum absolute atomic E-state index is 0. The molecular formula is C60H40N4OPt-2. The van der Waals surface area contributed by atoms with Crippen LogP contribution < -0.4 is 9.30 Å². The molecule has 0 aliphatic rings. The molecule has 0 unspecified atom stereocenters. The van der Waals surface area contributed by atoms with Crippen molar-refractivity contribution in [2.45, 2.75) is 26.2 Å². The van der Waals surface area contributed by atoms with E-state index in [4.69, 9.17) is 16.6 Å². The van der Waals surface area contributed by atoms with Gasteiger partial charge in [-0.3, -0.25) is 4.57 Å². The first-order chi connectivity index (χ1) is 33.9. The van der Waals surface area contributed by atoms with Crippen molar-refractivity contribution >= 4 is 86.8 Å². The van der Waals surface area contributed by atoms with Crippen molar-refractivity contribution in [3.05, 3.63) is 212 Å². The quantitative estimate of drug-likeness (QED) is 0.0978. The number of hydrogen-bond donors (Lipinski definition) is 0. The van der Waals surface area contributed by atoms with E-state index >= 15 is 0 Å². The van der Waals surface area contributed by atoms with E-state index in [1.165, 1.54) is 20.7 Å². The van der Waals surface area contributed by atoms with E-state index in [-0.39, 0.29) is 44.3 Å². The zero-order valence-corrected chi connectivity index (χ0v) is 38.3. The molecule has 0 amide bonds. The third-order valence-corrected chi connectivity index (χ3v) is 12.7. The number of ether oxygens (including phenoxy) is 1. The second-order valence-electron chi connectivity index (χ2n) is 17.6. The molecule has 0 atom stereocenters. The second kappa shape index (κ2) is 15.3. The summed E-state index contributed by atoms with van der Waals surface area (Å²) in [5, 5.41) is 12.4. The monoisotopic (exact) mass is 1030 g/mol. The van der Waals surface area contributed by atoms with Crippen molar-refractivity contribution < 1.29 is 37.2 Å². The Morgan fingerprint density at radius 3 is 2.02 bits per heavy atom. The first-order valence-corrected chi connectivity index (χ1v) is 21.7. The van der Waals surface area contributed by atoms with Gasteiger partial charge in [0.2, 0.25) is 0 Å². The largest absolute Gasteiger partial charge is 0.510 e. The molecular weight excluding hydrogens is 988 g/mol. The summed E-state index contributed by atoms with van der Waals surface area (Å²) in [4.78, 5) is 5.61. The number of aromatic nitrogens is 4. The summed E-state index contributed by atoms with van der Waals surface area (Å²) in [5.41, 5.74) is 5.24. The Morgan fingerprint density at radius 2 is 1.23 bits per heavy atom. The van der Waals surface area contributed by atoms with Crippen LogP contribution in [0.4, 0.5) is 0 Å². The van der Waals surface area contributed by atoms with Gasteiger partial charge in [0.15, 0.2) is 0 Å². The molecule has 0 radical (unpaired) electrons. The molecule has 5 nitrogen and oxygen atoms in total. The van der Waals surface area contributed by atoms with Gasteiger partial charge in [0.1, 0.15) is 5.82 Å². The Balaban J connectivity index is 0.00000517. The Morgan fingerprint density at radius 1 is 0.576 bits per heavy atom. The van der Waals surface area contributed by atoms with Crippen LogP contribution in [0, 0.1) is 18.5 Å². The van der Waals surface area contributed by atoms with Crippen molar-refractivity contribution in [1.82, 2.24) is 14.1 Å². The van der Waals surface area contributed by atoms with Gasteiger partial charge in [-0.2, -0.15) is 17.7 Å². The van der Waals surface area contributed by atoms with Gasteiger partial charge in [0, 0.05) is 54.2 Å². The molecule has 3 aromatic heterocycles. The van der Waals surface area contributed by atoms with Crippen LogP contribution in [0.5, 0.6) is 11.5 Å². The number of hydrogen-bond acceptors (Lipinski definition) is 2.